The minimum Gasteiger partial charge on any atom is -0.393 e. The van der Waals surface area contributed by atoms with Crippen molar-refractivity contribution in [3.8, 4) is 0 Å². The first-order valence-corrected chi connectivity index (χ1v) is 4.16. The van der Waals surface area contributed by atoms with Crippen LogP contribution in [0.15, 0.2) is 0 Å². The van der Waals surface area contributed by atoms with E-state index in [-0.39, 0.29) is 6.10 Å². The molecule has 62 valence electrons. The fraction of sp³-hybridized carbons (Fsp3) is 1.00. The van der Waals surface area contributed by atoms with E-state index in [2.05, 4.69) is 5.32 Å². The smallest absolute Gasteiger partial charge is 0.0509 e. The lowest BCUT2D eigenvalue weighted by atomic mass is 10.3. The van der Waals surface area contributed by atoms with Crippen LogP contribution in [0.25, 0.3) is 0 Å². The third-order valence-corrected chi connectivity index (χ3v) is 1.55. The van der Waals surface area contributed by atoms with Gasteiger partial charge in [0.15, 0.2) is 0 Å². The van der Waals surface area contributed by atoms with Crippen LogP contribution in [-0.2, 0) is 0 Å². The Hall–Kier alpha value is -0.0800. The Kier molecular flexibility index (Phi) is 6.98. The Morgan fingerprint density at radius 1 is 1.40 bits per heavy atom. The largest absolute Gasteiger partial charge is 0.393 e. The predicted molar refractivity (Wildman–Crippen MR) is 44.1 cm³/mol. The lowest BCUT2D eigenvalue weighted by Crippen LogP contribution is -2.03. The molecule has 0 radical (unpaired) electrons. The molecule has 0 aromatic rings. The first-order chi connectivity index (χ1) is 4.77. The summed E-state index contributed by atoms with van der Waals surface area (Å²) < 4.78 is 0. The molecule has 0 aromatic carbocycles. The molecule has 1 fully saturated rings. The normalized spacial score (nSPS) is 19.5. The molecule has 0 aromatic heterocycles. The molecule has 0 amide bonds. The Balaban J connectivity index is 0.000000162. The summed E-state index contributed by atoms with van der Waals surface area (Å²) in [6.07, 6.45) is 3.52. The van der Waals surface area contributed by atoms with Crippen molar-refractivity contribution in [2.45, 2.75) is 39.2 Å². The molecule has 0 saturated carbocycles. The van der Waals surface area contributed by atoms with Gasteiger partial charge in [0, 0.05) is 0 Å². The molecule has 1 unspecified atom stereocenters. The molecule has 0 bridgehead atoms. The molecule has 2 nitrogen and oxygen atoms in total. The van der Waals surface area contributed by atoms with Crippen LogP contribution in [-0.4, -0.2) is 24.3 Å². The summed E-state index contributed by atoms with van der Waals surface area (Å²) in [6.45, 7) is 6.23. The van der Waals surface area contributed by atoms with Crippen LogP contribution in [0.2, 0.25) is 0 Å². The number of hydrogen-bond donors (Lipinski definition) is 2. The highest BCUT2D eigenvalue weighted by atomic mass is 16.3. The second-order valence-corrected chi connectivity index (χ2v) is 2.71. The number of hydrogen-bond acceptors (Lipinski definition) is 2. The van der Waals surface area contributed by atoms with E-state index < -0.39 is 0 Å². The van der Waals surface area contributed by atoms with Gasteiger partial charge in [-0.3, -0.25) is 0 Å². The molecule has 2 heteroatoms. The maximum absolute atomic E-state index is 8.36. The van der Waals surface area contributed by atoms with E-state index in [9.17, 15) is 0 Å². The summed E-state index contributed by atoms with van der Waals surface area (Å²) in [7, 11) is 0. The molecular formula is C8H19NO. The molecule has 0 aliphatic carbocycles. The van der Waals surface area contributed by atoms with Crippen molar-refractivity contribution in [1.29, 1.82) is 0 Å². The van der Waals surface area contributed by atoms with Crippen LogP contribution in [0.5, 0.6) is 0 Å². The van der Waals surface area contributed by atoms with Crippen molar-refractivity contribution >= 4 is 0 Å². The van der Waals surface area contributed by atoms with Gasteiger partial charge in [-0.1, -0.05) is 6.92 Å². The van der Waals surface area contributed by atoms with E-state index in [1.807, 2.05) is 6.92 Å². The van der Waals surface area contributed by atoms with Crippen LogP contribution in [0.3, 0.4) is 0 Å². The zero-order valence-corrected chi connectivity index (χ0v) is 7.06. The van der Waals surface area contributed by atoms with Gasteiger partial charge in [0.1, 0.15) is 0 Å². The number of rotatable bonds is 1. The van der Waals surface area contributed by atoms with Crippen LogP contribution in [0.1, 0.15) is 33.1 Å². The van der Waals surface area contributed by atoms with E-state index in [0.717, 1.165) is 6.42 Å². The topological polar surface area (TPSA) is 32.3 Å². The average Bonchev–Trinajstić information content (AvgIpc) is 2.43. The van der Waals surface area contributed by atoms with Gasteiger partial charge in [0.2, 0.25) is 0 Å². The van der Waals surface area contributed by atoms with Crippen LogP contribution in [0, 0.1) is 0 Å². The summed E-state index contributed by atoms with van der Waals surface area (Å²) in [4.78, 5) is 0. The van der Waals surface area contributed by atoms with Crippen LogP contribution < -0.4 is 5.32 Å². The van der Waals surface area contributed by atoms with Gasteiger partial charge < -0.3 is 10.4 Å². The highest BCUT2D eigenvalue weighted by Crippen LogP contribution is 1.90. The van der Waals surface area contributed by atoms with Crippen molar-refractivity contribution < 1.29 is 5.11 Å². The Bertz CT molecular complexity index is 52.7. The molecule has 1 atom stereocenters. The first-order valence-electron chi connectivity index (χ1n) is 4.16. The van der Waals surface area contributed by atoms with E-state index in [1.165, 1.54) is 25.9 Å². The van der Waals surface area contributed by atoms with Gasteiger partial charge in [-0.2, -0.15) is 0 Å². The Morgan fingerprint density at radius 2 is 1.80 bits per heavy atom. The second-order valence-electron chi connectivity index (χ2n) is 2.71. The molecule has 1 rings (SSSR count). The maximum atomic E-state index is 8.36. The maximum Gasteiger partial charge on any atom is 0.0509 e. The van der Waals surface area contributed by atoms with Crippen LogP contribution in [0.4, 0.5) is 0 Å². The van der Waals surface area contributed by atoms with Crippen molar-refractivity contribution in [3.05, 3.63) is 0 Å². The van der Waals surface area contributed by atoms with E-state index in [1.54, 1.807) is 6.92 Å². The first kappa shape index (κ1) is 9.92. The van der Waals surface area contributed by atoms with E-state index >= 15 is 0 Å². The molecular weight excluding hydrogens is 126 g/mol. The van der Waals surface area contributed by atoms with Gasteiger partial charge in [-0.25, -0.2) is 0 Å². The van der Waals surface area contributed by atoms with Crippen molar-refractivity contribution in [2.75, 3.05) is 13.1 Å². The summed E-state index contributed by atoms with van der Waals surface area (Å²) in [5.74, 6) is 0. The molecule has 1 heterocycles. The Labute approximate surface area is 63.6 Å². The SMILES string of the molecule is C1CCNC1.CCC(C)O. The third-order valence-electron chi connectivity index (χ3n) is 1.55. The number of nitrogens with one attached hydrogen (secondary N) is 1. The summed E-state index contributed by atoms with van der Waals surface area (Å²) in [6, 6.07) is 0. The molecule has 2 N–H and O–H groups in total. The fourth-order valence-corrected chi connectivity index (χ4v) is 0.625. The summed E-state index contributed by atoms with van der Waals surface area (Å²) in [5.41, 5.74) is 0. The predicted octanol–water partition coefficient (Wildman–Crippen LogP) is 1.15. The lowest BCUT2D eigenvalue weighted by Gasteiger charge is -1.90. The van der Waals surface area contributed by atoms with E-state index in [0.29, 0.717) is 0 Å². The summed E-state index contributed by atoms with van der Waals surface area (Å²) >= 11 is 0. The standard InChI is InChI=1S/C4H9N.C4H10O/c1-2-4-5-3-1;1-3-4(2)5/h5H,1-4H2;4-5H,3H2,1-2H3. The van der Waals surface area contributed by atoms with Gasteiger partial charge in [0.05, 0.1) is 6.10 Å². The van der Waals surface area contributed by atoms with Gasteiger partial charge in [0.25, 0.3) is 0 Å². The molecule has 1 aliphatic heterocycles. The zero-order valence-electron chi connectivity index (χ0n) is 7.06. The number of aliphatic hydroxyl groups excluding tert-OH is 1. The Morgan fingerprint density at radius 3 is 1.90 bits per heavy atom. The fourth-order valence-electron chi connectivity index (χ4n) is 0.625. The van der Waals surface area contributed by atoms with Gasteiger partial charge >= 0.3 is 0 Å². The van der Waals surface area contributed by atoms with Crippen LogP contribution >= 0.6 is 0 Å². The van der Waals surface area contributed by atoms with E-state index in [4.69, 9.17) is 5.11 Å². The monoisotopic (exact) mass is 145 g/mol. The van der Waals surface area contributed by atoms with Crippen molar-refractivity contribution in [1.82, 2.24) is 5.32 Å². The molecule has 1 aliphatic rings. The minimum absolute atomic E-state index is 0.116. The highest BCUT2D eigenvalue weighted by Gasteiger charge is 1.93. The minimum atomic E-state index is -0.116. The van der Waals surface area contributed by atoms with Crippen molar-refractivity contribution in [3.63, 3.8) is 0 Å². The van der Waals surface area contributed by atoms with Gasteiger partial charge in [-0.05, 0) is 39.3 Å². The van der Waals surface area contributed by atoms with Crippen molar-refractivity contribution in [2.24, 2.45) is 0 Å². The number of aliphatic hydroxyl groups is 1. The third kappa shape index (κ3) is 7.92. The zero-order chi connectivity index (χ0) is 7.82. The lowest BCUT2D eigenvalue weighted by molar-refractivity contribution is 0.191. The second kappa shape index (κ2) is 7.03. The molecule has 1 saturated heterocycles. The highest BCUT2D eigenvalue weighted by molar-refractivity contribution is 4.55. The van der Waals surface area contributed by atoms with Gasteiger partial charge in [-0.15, -0.1) is 0 Å². The quantitative estimate of drug-likeness (QED) is 0.580. The summed E-state index contributed by atoms with van der Waals surface area (Å²) in [5, 5.41) is 11.6. The molecule has 0 spiro atoms. The average molecular weight is 145 g/mol. The molecule has 10 heavy (non-hydrogen) atoms.